The van der Waals surface area contributed by atoms with Gasteiger partial charge < -0.3 is 19.6 Å². The molecule has 1 unspecified atom stereocenters. The minimum absolute atomic E-state index is 0.0393. The van der Waals surface area contributed by atoms with Crippen molar-refractivity contribution < 1.29 is 37.0 Å². The molecule has 0 spiro atoms. The molecule has 1 amide bonds. The molecular formula is C36H46F4N6O4. The number of hydrogen-bond acceptors (Lipinski definition) is 7. The lowest BCUT2D eigenvalue weighted by atomic mass is 9.87. The summed E-state index contributed by atoms with van der Waals surface area (Å²) < 4.78 is 64.7. The van der Waals surface area contributed by atoms with E-state index in [-0.39, 0.29) is 48.4 Å². The first-order chi connectivity index (χ1) is 23.5. The summed E-state index contributed by atoms with van der Waals surface area (Å²) in [5.41, 5.74) is -2.38. The van der Waals surface area contributed by atoms with Gasteiger partial charge in [-0.2, -0.15) is 18.3 Å². The first-order valence-corrected chi connectivity index (χ1v) is 17.2. The number of hydrogen-bond donors (Lipinski definition) is 1. The third-order valence-corrected chi connectivity index (χ3v) is 10.2. The first kappa shape index (κ1) is 37.0. The maximum absolute atomic E-state index is 15.1. The number of aryl methyl sites for hydroxylation is 1. The van der Waals surface area contributed by atoms with E-state index in [1.54, 1.807) is 35.2 Å². The van der Waals surface area contributed by atoms with Crippen LogP contribution in [0.2, 0.25) is 0 Å². The number of carboxylic acids is 1. The van der Waals surface area contributed by atoms with E-state index < -0.39 is 34.9 Å². The van der Waals surface area contributed by atoms with Gasteiger partial charge in [0.15, 0.2) is 0 Å². The highest BCUT2D eigenvalue weighted by Gasteiger charge is 2.45. The van der Waals surface area contributed by atoms with Gasteiger partial charge >= 0.3 is 18.2 Å². The fraction of sp³-hybridized carbons (Fsp3) is 0.583. The lowest BCUT2D eigenvalue weighted by Gasteiger charge is -2.47. The fourth-order valence-electron chi connectivity index (χ4n) is 7.31. The molecule has 50 heavy (non-hydrogen) atoms. The number of nitrogens with zero attached hydrogens (tertiary/aromatic N) is 6. The Morgan fingerprint density at radius 2 is 1.56 bits per heavy atom. The number of halogens is 4. The number of rotatable bonds is 11. The summed E-state index contributed by atoms with van der Waals surface area (Å²) in [4.78, 5) is 38.6. The molecule has 1 aromatic carbocycles. The molecule has 1 saturated heterocycles. The maximum atomic E-state index is 15.1. The molecule has 272 valence electrons. The number of carbonyl (C=O) groups is 2. The molecular weight excluding hydrogens is 656 g/mol. The molecule has 1 aliphatic heterocycles. The van der Waals surface area contributed by atoms with Crippen LogP contribution in [0, 0.1) is 5.41 Å². The number of carboxylic acid groups (broad SMARTS) is 1. The zero-order valence-electron chi connectivity index (χ0n) is 29.2. The van der Waals surface area contributed by atoms with Crippen molar-refractivity contribution in [2.24, 2.45) is 12.5 Å². The van der Waals surface area contributed by atoms with E-state index in [4.69, 9.17) is 4.74 Å². The number of carbonyl (C=O) groups excluding carboxylic acids is 1. The van der Waals surface area contributed by atoms with E-state index in [1.807, 2.05) is 24.9 Å². The second-order valence-corrected chi connectivity index (χ2v) is 14.2. The quantitative estimate of drug-likeness (QED) is 0.201. The summed E-state index contributed by atoms with van der Waals surface area (Å²) in [7, 11) is 1.79. The highest BCUT2D eigenvalue weighted by molar-refractivity contribution is 5.76. The van der Waals surface area contributed by atoms with Crippen LogP contribution in [0.5, 0.6) is 0 Å². The van der Waals surface area contributed by atoms with E-state index >= 15 is 4.39 Å². The van der Waals surface area contributed by atoms with Gasteiger partial charge in [0.25, 0.3) is 0 Å². The summed E-state index contributed by atoms with van der Waals surface area (Å²) in [6.07, 6.45) is 5.94. The third kappa shape index (κ3) is 8.04. The molecule has 0 bridgehead atoms. The second-order valence-electron chi connectivity index (χ2n) is 14.2. The minimum atomic E-state index is -4.69. The van der Waals surface area contributed by atoms with Gasteiger partial charge in [-0.3, -0.25) is 9.48 Å². The van der Waals surface area contributed by atoms with Gasteiger partial charge in [0, 0.05) is 61.4 Å². The van der Waals surface area contributed by atoms with Crippen LogP contribution in [0.25, 0.3) is 11.1 Å². The van der Waals surface area contributed by atoms with Gasteiger partial charge in [0.1, 0.15) is 17.7 Å². The monoisotopic (exact) mass is 702 g/mol. The predicted molar refractivity (Wildman–Crippen MR) is 179 cm³/mol. The van der Waals surface area contributed by atoms with Crippen LogP contribution in [-0.2, 0) is 35.0 Å². The van der Waals surface area contributed by atoms with Crippen molar-refractivity contribution >= 4 is 18.0 Å². The van der Waals surface area contributed by atoms with E-state index in [9.17, 15) is 27.9 Å². The van der Waals surface area contributed by atoms with Crippen LogP contribution < -0.4 is 4.90 Å². The lowest BCUT2D eigenvalue weighted by Crippen LogP contribution is -2.57. The summed E-state index contributed by atoms with van der Waals surface area (Å²) in [6.45, 7) is 6.11. The highest BCUT2D eigenvalue weighted by Crippen LogP contribution is 2.40. The van der Waals surface area contributed by atoms with Gasteiger partial charge in [0.05, 0.1) is 11.8 Å². The fourth-order valence-corrected chi connectivity index (χ4v) is 7.31. The Bertz CT molecular complexity index is 1600. The molecule has 1 N–H and O–H groups in total. The molecule has 3 aromatic rings. The zero-order chi connectivity index (χ0) is 36.4. The largest absolute Gasteiger partial charge is 0.481 e. The lowest BCUT2D eigenvalue weighted by molar-refractivity contribution is -0.151. The van der Waals surface area contributed by atoms with Crippen molar-refractivity contribution in [1.82, 2.24) is 24.6 Å². The zero-order valence-corrected chi connectivity index (χ0v) is 29.2. The van der Waals surface area contributed by atoms with Gasteiger partial charge in [-0.15, -0.1) is 0 Å². The van der Waals surface area contributed by atoms with Crippen molar-refractivity contribution in [2.45, 2.75) is 116 Å². The standard InChI is InChI=1S/C36H46F4N6O4/c1-6-28-15-30(16-29(7-2)46(28)33(49)50-22-35(31(47)48)10-8-9-11-35)45(32-41-17-24(18-42-32)25-19-43-44(5)21-25)20-23-12-26(34(3,4)37)14-27(13-23)36(38,39)40/h12-14,17-19,21,28-30H,6-11,15-16,20,22H2,1-5H3,(H,47,48)/t28-,29+,30?. The predicted octanol–water partition coefficient (Wildman–Crippen LogP) is 7.91. The van der Waals surface area contributed by atoms with Crippen LogP contribution in [-0.4, -0.2) is 66.5 Å². The Labute approximate surface area is 289 Å². The molecule has 2 fully saturated rings. The van der Waals surface area contributed by atoms with Gasteiger partial charge in [-0.1, -0.05) is 32.8 Å². The maximum Gasteiger partial charge on any atom is 0.416 e. The van der Waals surface area contributed by atoms with Crippen LogP contribution >= 0.6 is 0 Å². The number of likely N-dealkylation sites (tertiary alicyclic amines) is 1. The van der Waals surface area contributed by atoms with Crippen molar-refractivity contribution in [3.8, 4) is 11.1 Å². The topological polar surface area (TPSA) is 114 Å². The average Bonchev–Trinajstić information content (AvgIpc) is 3.75. The molecule has 3 atom stereocenters. The van der Waals surface area contributed by atoms with E-state index in [2.05, 4.69) is 15.1 Å². The number of piperidine rings is 1. The van der Waals surface area contributed by atoms with Crippen molar-refractivity contribution in [3.63, 3.8) is 0 Å². The number of ether oxygens (including phenoxy) is 1. The number of aliphatic carboxylic acids is 1. The van der Waals surface area contributed by atoms with Gasteiger partial charge in [0.2, 0.25) is 5.95 Å². The molecule has 5 rings (SSSR count). The number of aromatic nitrogens is 4. The molecule has 0 radical (unpaired) electrons. The van der Waals surface area contributed by atoms with Crippen molar-refractivity contribution in [3.05, 3.63) is 59.7 Å². The average molecular weight is 703 g/mol. The number of amides is 1. The number of benzene rings is 1. The van der Waals surface area contributed by atoms with E-state index in [0.717, 1.165) is 30.5 Å². The van der Waals surface area contributed by atoms with Crippen LogP contribution in [0.15, 0.2) is 43.0 Å². The molecule has 1 aliphatic carbocycles. The van der Waals surface area contributed by atoms with Crippen molar-refractivity contribution in [1.29, 1.82) is 0 Å². The van der Waals surface area contributed by atoms with Gasteiger partial charge in [-0.05, 0) is 75.6 Å². The van der Waals surface area contributed by atoms with E-state index in [0.29, 0.717) is 44.1 Å². The molecule has 10 nitrogen and oxygen atoms in total. The van der Waals surface area contributed by atoms with Crippen LogP contribution in [0.1, 0.15) is 95.8 Å². The van der Waals surface area contributed by atoms with Gasteiger partial charge in [-0.25, -0.2) is 19.2 Å². The first-order valence-electron chi connectivity index (χ1n) is 17.2. The number of alkyl halides is 4. The summed E-state index contributed by atoms with van der Waals surface area (Å²) in [5.74, 6) is -0.675. The molecule has 14 heteroatoms. The third-order valence-electron chi connectivity index (χ3n) is 10.2. The summed E-state index contributed by atoms with van der Waals surface area (Å²) in [5, 5.41) is 14.1. The SMILES string of the molecule is CC[C@@H]1CC(N(Cc2cc(C(C)(C)F)cc(C(F)(F)F)c2)c2ncc(-c3cnn(C)c3)cn2)C[C@H](CC)N1C(=O)OCC1(C(=O)O)CCCC1. The van der Waals surface area contributed by atoms with Crippen LogP contribution in [0.3, 0.4) is 0 Å². The molecule has 2 aliphatic rings. The molecule has 1 saturated carbocycles. The Kier molecular flexibility index (Phi) is 10.8. The normalized spacial score (nSPS) is 20.9. The second kappa shape index (κ2) is 14.6. The Morgan fingerprint density at radius 3 is 2.06 bits per heavy atom. The smallest absolute Gasteiger partial charge is 0.416 e. The van der Waals surface area contributed by atoms with Crippen molar-refractivity contribution in [2.75, 3.05) is 11.5 Å². The minimum Gasteiger partial charge on any atom is -0.481 e. The molecule has 2 aromatic heterocycles. The summed E-state index contributed by atoms with van der Waals surface area (Å²) in [6, 6.07) is 2.40. The molecule has 3 heterocycles. The van der Waals surface area contributed by atoms with Crippen LogP contribution in [0.4, 0.5) is 28.3 Å². The van der Waals surface area contributed by atoms with E-state index in [1.165, 1.54) is 19.9 Å². The summed E-state index contributed by atoms with van der Waals surface area (Å²) >= 11 is 0. The Balaban J connectivity index is 1.48. The Morgan fingerprint density at radius 1 is 0.960 bits per heavy atom. The number of anilines is 1. The Hall–Kier alpha value is -4.23. The highest BCUT2D eigenvalue weighted by atomic mass is 19.4.